The van der Waals surface area contributed by atoms with Crippen LogP contribution in [0, 0.1) is 0 Å². The van der Waals surface area contributed by atoms with Crippen LogP contribution in [0.25, 0.3) is 0 Å². The smallest absolute Gasteiger partial charge is 0.217 e. The first kappa shape index (κ1) is 12.1. The van der Waals surface area contributed by atoms with Crippen LogP contribution >= 0.6 is 0 Å². The second kappa shape index (κ2) is 4.69. The molecule has 0 saturated carbocycles. The van der Waals surface area contributed by atoms with Crippen LogP contribution in [0.1, 0.15) is 6.92 Å². The Morgan fingerprint density at radius 1 is 1.47 bits per heavy atom. The quantitative estimate of drug-likeness (QED) is 0.425. The summed E-state index contributed by atoms with van der Waals surface area (Å²) in [6.45, 7) is 0.314. The van der Waals surface area contributed by atoms with E-state index in [-0.39, 0.29) is 5.57 Å². The second-order valence-corrected chi connectivity index (χ2v) is 3.53. The average molecular weight is 219 g/mol. The van der Waals surface area contributed by atoms with Crippen LogP contribution in [0.5, 0.6) is 0 Å². The number of alkyl halides is 1. The zero-order chi connectivity index (χ0) is 11.6. The molecule has 1 amide bonds. The Morgan fingerprint density at radius 2 is 2.07 bits per heavy atom. The zero-order valence-electron chi connectivity index (χ0n) is 8.22. The summed E-state index contributed by atoms with van der Waals surface area (Å²) in [7, 11) is 0. The molecule has 1 aliphatic rings. The fraction of sp³-hybridized carbons (Fsp3) is 0.667. The molecule has 0 aliphatic heterocycles. The van der Waals surface area contributed by atoms with Crippen molar-refractivity contribution < 1.29 is 24.5 Å². The van der Waals surface area contributed by atoms with E-state index in [0.29, 0.717) is 0 Å². The monoisotopic (exact) mass is 219 g/mol. The molecule has 6 heteroatoms. The topological polar surface area (TPSA) is 89.8 Å². The highest BCUT2D eigenvalue weighted by molar-refractivity contribution is 5.73. The van der Waals surface area contributed by atoms with Gasteiger partial charge in [0.05, 0.1) is 6.04 Å². The molecule has 4 atom stereocenters. The Bertz CT molecular complexity index is 281. The standard InChI is InChI=1S/C9H14FNO4/c1-4(12)11-6-2-5(3-10)7(13)9(15)8(6)14/h2,6-9,13-15H,3H2,1H3,(H,11,12)/t6-,7+,8+,9-/m0/s1. The predicted octanol–water partition coefficient (Wildman–Crippen LogP) is -1.52. The summed E-state index contributed by atoms with van der Waals surface area (Å²) in [6.07, 6.45) is -3.02. The third-order valence-corrected chi connectivity index (χ3v) is 2.34. The van der Waals surface area contributed by atoms with Gasteiger partial charge in [-0.25, -0.2) is 4.39 Å². The highest BCUT2D eigenvalue weighted by atomic mass is 19.1. The van der Waals surface area contributed by atoms with Crippen LogP contribution in [-0.4, -0.2) is 52.3 Å². The summed E-state index contributed by atoms with van der Waals surface area (Å²) in [5, 5.41) is 30.5. The van der Waals surface area contributed by atoms with Gasteiger partial charge >= 0.3 is 0 Å². The van der Waals surface area contributed by atoms with Crippen molar-refractivity contribution in [2.24, 2.45) is 0 Å². The SMILES string of the molecule is CC(=O)N[C@H]1C=C(CF)[C@@H](O)[C@H](O)[C@@H]1O. The van der Waals surface area contributed by atoms with Crippen molar-refractivity contribution in [3.8, 4) is 0 Å². The molecule has 0 radical (unpaired) electrons. The summed E-state index contributed by atoms with van der Waals surface area (Å²) >= 11 is 0. The molecule has 5 nitrogen and oxygen atoms in total. The Labute approximate surface area is 86.2 Å². The highest BCUT2D eigenvalue weighted by Gasteiger charge is 2.37. The summed E-state index contributed by atoms with van der Waals surface area (Å²) in [5.41, 5.74) is -0.0356. The molecular weight excluding hydrogens is 205 g/mol. The first-order chi connectivity index (χ1) is 6.97. The van der Waals surface area contributed by atoms with Gasteiger partial charge in [0.25, 0.3) is 0 Å². The van der Waals surface area contributed by atoms with Crippen molar-refractivity contribution in [1.29, 1.82) is 0 Å². The fourth-order valence-electron chi connectivity index (χ4n) is 1.53. The molecule has 0 aromatic carbocycles. The Morgan fingerprint density at radius 3 is 2.53 bits per heavy atom. The minimum absolute atomic E-state index is 0.0356. The van der Waals surface area contributed by atoms with E-state index < -0.39 is 36.9 Å². The lowest BCUT2D eigenvalue weighted by atomic mass is 9.88. The van der Waals surface area contributed by atoms with Gasteiger partial charge < -0.3 is 20.6 Å². The van der Waals surface area contributed by atoms with Crippen molar-refractivity contribution in [3.63, 3.8) is 0 Å². The Balaban J connectivity index is 2.87. The van der Waals surface area contributed by atoms with Crippen LogP contribution in [0.2, 0.25) is 0 Å². The van der Waals surface area contributed by atoms with Gasteiger partial charge in [0, 0.05) is 6.92 Å². The van der Waals surface area contributed by atoms with Gasteiger partial charge in [-0.3, -0.25) is 4.79 Å². The Hall–Kier alpha value is -0.980. The molecule has 86 valence electrons. The van der Waals surface area contributed by atoms with E-state index in [1.54, 1.807) is 0 Å². The number of aliphatic hydroxyl groups excluding tert-OH is 3. The van der Waals surface area contributed by atoms with Crippen molar-refractivity contribution >= 4 is 5.91 Å². The molecule has 15 heavy (non-hydrogen) atoms. The highest BCUT2D eigenvalue weighted by Crippen LogP contribution is 2.20. The van der Waals surface area contributed by atoms with Crippen LogP contribution in [0.15, 0.2) is 11.6 Å². The van der Waals surface area contributed by atoms with E-state index in [0.717, 1.165) is 0 Å². The van der Waals surface area contributed by atoms with E-state index in [1.807, 2.05) is 0 Å². The van der Waals surface area contributed by atoms with E-state index in [1.165, 1.54) is 13.0 Å². The van der Waals surface area contributed by atoms with Gasteiger partial charge in [0.1, 0.15) is 25.0 Å². The molecule has 0 heterocycles. The van der Waals surface area contributed by atoms with Crippen LogP contribution in [0.3, 0.4) is 0 Å². The third-order valence-electron chi connectivity index (χ3n) is 2.34. The first-order valence-corrected chi connectivity index (χ1v) is 4.55. The lowest BCUT2D eigenvalue weighted by molar-refractivity contribution is -0.122. The molecule has 0 aromatic heterocycles. The fourth-order valence-corrected chi connectivity index (χ4v) is 1.53. The molecule has 0 unspecified atom stereocenters. The number of halogens is 1. The van der Waals surface area contributed by atoms with Crippen molar-refractivity contribution in [2.75, 3.05) is 6.67 Å². The molecule has 4 N–H and O–H groups in total. The third kappa shape index (κ3) is 2.53. The van der Waals surface area contributed by atoms with E-state index >= 15 is 0 Å². The van der Waals surface area contributed by atoms with Gasteiger partial charge in [-0.15, -0.1) is 0 Å². The maximum atomic E-state index is 12.4. The van der Waals surface area contributed by atoms with Crippen LogP contribution < -0.4 is 5.32 Å². The lowest BCUT2D eigenvalue weighted by Crippen LogP contribution is -2.54. The molecule has 0 bridgehead atoms. The molecule has 1 aliphatic carbocycles. The largest absolute Gasteiger partial charge is 0.388 e. The summed E-state index contributed by atoms with van der Waals surface area (Å²) in [5.74, 6) is -0.405. The molecule has 0 aromatic rings. The number of carbonyl (C=O) groups excluding carboxylic acids is 1. The van der Waals surface area contributed by atoms with Gasteiger partial charge in [-0.2, -0.15) is 0 Å². The molecule has 1 rings (SSSR count). The number of hydrogen-bond acceptors (Lipinski definition) is 4. The maximum absolute atomic E-state index is 12.4. The summed E-state index contributed by atoms with van der Waals surface area (Å²) in [6, 6.07) is -0.869. The molecular formula is C9H14FNO4. The number of aliphatic hydroxyl groups is 3. The summed E-state index contributed by atoms with van der Waals surface area (Å²) < 4.78 is 12.4. The number of amides is 1. The van der Waals surface area contributed by atoms with Crippen molar-refractivity contribution in [1.82, 2.24) is 5.32 Å². The minimum Gasteiger partial charge on any atom is -0.388 e. The minimum atomic E-state index is -1.49. The van der Waals surface area contributed by atoms with E-state index in [9.17, 15) is 24.5 Å². The molecule has 0 spiro atoms. The number of carbonyl (C=O) groups is 1. The average Bonchev–Trinajstić information content (AvgIpc) is 2.18. The van der Waals surface area contributed by atoms with Gasteiger partial charge in [-0.1, -0.05) is 6.08 Å². The van der Waals surface area contributed by atoms with Gasteiger partial charge in [-0.05, 0) is 5.57 Å². The predicted molar refractivity (Wildman–Crippen MR) is 49.7 cm³/mol. The van der Waals surface area contributed by atoms with E-state index in [2.05, 4.69) is 5.32 Å². The zero-order valence-corrected chi connectivity index (χ0v) is 8.22. The van der Waals surface area contributed by atoms with Crippen molar-refractivity contribution in [3.05, 3.63) is 11.6 Å². The first-order valence-electron chi connectivity index (χ1n) is 4.55. The molecule has 0 saturated heterocycles. The van der Waals surface area contributed by atoms with Gasteiger partial charge in [0.15, 0.2) is 0 Å². The lowest BCUT2D eigenvalue weighted by Gasteiger charge is -2.34. The maximum Gasteiger partial charge on any atom is 0.217 e. The summed E-state index contributed by atoms with van der Waals surface area (Å²) in [4.78, 5) is 10.8. The second-order valence-electron chi connectivity index (χ2n) is 3.53. The van der Waals surface area contributed by atoms with E-state index in [4.69, 9.17) is 0 Å². The van der Waals surface area contributed by atoms with Gasteiger partial charge in [0.2, 0.25) is 5.91 Å². The number of nitrogens with one attached hydrogen (secondary N) is 1. The molecule has 0 fully saturated rings. The number of rotatable bonds is 2. The van der Waals surface area contributed by atoms with Crippen LogP contribution in [-0.2, 0) is 4.79 Å². The van der Waals surface area contributed by atoms with Crippen LogP contribution in [0.4, 0.5) is 4.39 Å². The van der Waals surface area contributed by atoms with Crippen molar-refractivity contribution in [2.45, 2.75) is 31.3 Å². The normalized spacial score (nSPS) is 35.9. The number of hydrogen-bond donors (Lipinski definition) is 4. The Kier molecular flexibility index (Phi) is 3.78.